The summed E-state index contributed by atoms with van der Waals surface area (Å²) in [5, 5.41) is 16.5. The van der Waals surface area contributed by atoms with Crippen LogP contribution in [-0.2, 0) is 0 Å². The molecule has 0 aromatic carbocycles. The molecule has 39 valence electrons. The highest BCUT2D eigenvalue weighted by Gasteiger charge is 2.11. The van der Waals surface area contributed by atoms with Crippen LogP contribution in [0.3, 0.4) is 0 Å². The molecule has 0 aromatic heterocycles. The minimum Gasteiger partial charge on any atom is -0.305 e. The van der Waals surface area contributed by atoms with Gasteiger partial charge in [-0.05, 0) is 0 Å². The Morgan fingerprint density at radius 3 is 1.89 bits per heavy atom. The maximum absolute atomic E-state index is 8.23. The van der Waals surface area contributed by atoms with Gasteiger partial charge < -0.3 is 9.81 Å². The number of hydrogen-bond donors (Lipinski definition) is 0. The van der Waals surface area contributed by atoms with Gasteiger partial charge in [-0.15, -0.1) is 0 Å². The summed E-state index contributed by atoms with van der Waals surface area (Å²) in [7, 11) is 1.19. The van der Waals surface area contributed by atoms with Gasteiger partial charge in [0.15, 0.2) is 11.4 Å². The molecule has 0 amide bonds. The molecular weight excluding hydrogens is 115 g/mol. The van der Waals surface area contributed by atoms with E-state index in [0.29, 0.717) is 0 Å². The summed E-state index contributed by atoms with van der Waals surface area (Å²) in [5.74, 6) is 0. The van der Waals surface area contributed by atoms with Crippen LogP contribution >= 0.6 is 0 Å². The molecule has 0 atom stereocenters. The first-order chi connectivity index (χ1) is 4.38. The predicted molar refractivity (Wildman–Crippen MR) is 31.9 cm³/mol. The third-order valence-corrected chi connectivity index (χ3v) is 0.810. The number of rotatable bonds is 0. The lowest BCUT2D eigenvalue weighted by Gasteiger charge is -1.77. The Balaban J connectivity index is 2.94. The lowest BCUT2D eigenvalue weighted by atomic mass is 10.2. The van der Waals surface area contributed by atoms with Crippen molar-refractivity contribution in [3.05, 3.63) is 0 Å². The van der Waals surface area contributed by atoms with Gasteiger partial charge in [-0.2, -0.15) is 10.5 Å². The van der Waals surface area contributed by atoms with E-state index < -0.39 is 0 Å². The van der Waals surface area contributed by atoms with Crippen molar-refractivity contribution in [3.8, 4) is 12.1 Å². The smallest absolute Gasteiger partial charge is 0.305 e. The molecule has 9 heavy (non-hydrogen) atoms. The first-order valence-corrected chi connectivity index (χ1v) is 2.16. The molecule has 1 heterocycles. The zero-order valence-electron chi connectivity index (χ0n) is 4.37. The van der Waals surface area contributed by atoms with Crippen LogP contribution in [0.2, 0.25) is 0 Å². The van der Waals surface area contributed by atoms with Crippen molar-refractivity contribution in [2.24, 2.45) is 9.81 Å². The van der Waals surface area contributed by atoms with Gasteiger partial charge in [0, 0.05) is 0 Å². The van der Waals surface area contributed by atoms with Gasteiger partial charge >= 0.3 is 7.55 Å². The maximum Gasteiger partial charge on any atom is 0.433 e. The zero-order chi connectivity index (χ0) is 6.69. The SMILES string of the molecule is N#CC1=N[B]N=C1C#N. The fourth-order valence-corrected chi connectivity index (χ4v) is 0.430. The van der Waals surface area contributed by atoms with Crippen molar-refractivity contribution < 1.29 is 0 Å². The van der Waals surface area contributed by atoms with Crippen LogP contribution < -0.4 is 0 Å². The highest BCUT2D eigenvalue weighted by Crippen LogP contribution is 1.90. The van der Waals surface area contributed by atoms with Crippen molar-refractivity contribution >= 4 is 19.0 Å². The van der Waals surface area contributed by atoms with Crippen molar-refractivity contribution in [2.45, 2.75) is 0 Å². The van der Waals surface area contributed by atoms with E-state index in [0.717, 1.165) is 0 Å². The largest absolute Gasteiger partial charge is 0.433 e. The third kappa shape index (κ3) is 0.800. The van der Waals surface area contributed by atoms with E-state index in [9.17, 15) is 0 Å². The van der Waals surface area contributed by atoms with Gasteiger partial charge in [0.1, 0.15) is 12.1 Å². The molecule has 0 bridgehead atoms. The average Bonchev–Trinajstić information content (AvgIpc) is 2.33. The summed E-state index contributed by atoms with van der Waals surface area (Å²) in [6.07, 6.45) is 0. The van der Waals surface area contributed by atoms with E-state index in [-0.39, 0.29) is 11.4 Å². The number of nitrogens with zero attached hydrogens (tertiary/aromatic N) is 4. The van der Waals surface area contributed by atoms with E-state index in [1.54, 1.807) is 12.1 Å². The van der Waals surface area contributed by atoms with Gasteiger partial charge in [0.2, 0.25) is 0 Å². The summed E-state index contributed by atoms with van der Waals surface area (Å²) in [6.45, 7) is 0. The Morgan fingerprint density at radius 1 is 1.11 bits per heavy atom. The molecule has 5 heteroatoms. The second-order valence-corrected chi connectivity index (χ2v) is 1.29. The Hall–Kier alpha value is -1.62. The minimum atomic E-state index is 0.0949. The van der Waals surface area contributed by atoms with Crippen LogP contribution in [0.4, 0.5) is 0 Å². The van der Waals surface area contributed by atoms with Gasteiger partial charge in [-0.1, -0.05) is 0 Å². The van der Waals surface area contributed by atoms with E-state index in [2.05, 4.69) is 9.81 Å². The molecule has 1 rings (SSSR count). The van der Waals surface area contributed by atoms with Crippen molar-refractivity contribution in [2.75, 3.05) is 0 Å². The fraction of sp³-hybridized carbons (Fsp3) is 0. The molecule has 1 aliphatic heterocycles. The molecule has 0 saturated carbocycles. The Bertz CT molecular complexity index is 235. The van der Waals surface area contributed by atoms with E-state index in [1.807, 2.05) is 0 Å². The van der Waals surface area contributed by atoms with Gasteiger partial charge in [-0.3, -0.25) is 0 Å². The molecule has 0 saturated heterocycles. The fourth-order valence-electron chi connectivity index (χ4n) is 0.430. The Morgan fingerprint density at radius 2 is 1.56 bits per heavy atom. The highest BCUT2D eigenvalue weighted by molar-refractivity contribution is 6.64. The van der Waals surface area contributed by atoms with Crippen LogP contribution in [0.25, 0.3) is 0 Å². The summed E-state index contributed by atoms with van der Waals surface area (Å²) in [5.41, 5.74) is 0.190. The predicted octanol–water partition coefficient (Wildman–Crippen LogP) is -0.537. The lowest BCUT2D eigenvalue weighted by molar-refractivity contribution is 1.54. The van der Waals surface area contributed by atoms with Gasteiger partial charge in [0.05, 0.1) is 0 Å². The standard InChI is InChI=1S/C4BN4/c6-1-3-4(2-7)9-5-8-3. The molecule has 0 fully saturated rings. The maximum atomic E-state index is 8.23. The summed E-state index contributed by atoms with van der Waals surface area (Å²) >= 11 is 0. The van der Waals surface area contributed by atoms with Crippen LogP contribution in [0, 0.1) is 22.7 Å². The quantitative estimate of drug-likeness (QED) is 0.397. The van der Waals surface area contributed by atoms with Gasteiger partial charge in [0.25, 0.3) is 0 Å². The van der Waals surface area contributed by atoms with Crippen LogP contribution in [0.1, 0.15) is 0 Å². The number of hydrogen-bond acceptors (Lipinski definition) is 4. The van der Waals surface area contributed by atoms with Gasteiger partial charge in [-0.25, -0.2) is 0 Å². The first kappa shape index (κ1) is 5.52. The van der Waals surface area contributed by atoms with Crippen LogP contribution in [0.15, 0.2) is 9.81 Å². The summed E-state index contributed by atoms with van der Waals surface area (Å²) in [4.78, 5) is 7.02. The average molecular weight is 115 g/mol. The van der Waals surface area contributed by atoms with E-state index in [4.69, 9.17) is 10.5 Å². The minimum absolute atomic E-state index is 0.0949. The van der Waals surface area contributed by atoms with Crippen LogP contribution in [0.5, 0.6) is 0 Å². The number of nitriles is 2. The van der Waals surface area contributed by atoms with Crippen molar-refractivity contribution in [1.29, 1.82) is 10.5 Å². The summed E-state index contributed by atoms with van der Waals surface area (Å²) < 4.78 is 0. The van der Waals surface area contributed by atoms with Crippen molar-refractivity contribution in [3.63, 3.8) is 0 Å². The molecular formula is C4BN4. The van der Waals surface area contributed by atoms with Crippen LogP contribution in [-0.4, -0.2) is 19.0 Å². The molecule has 0 N–H and O–H groups in total. The molecule has 0 aliphatic carbocycles. The molecule has 0 spiro atoms. The lowest BCUT2D eigenvalue weighted by Crippen LogP contribution is -2.04. The summed E-state index contributed by atoms with van der Waals surface area (Å²) in [6, 6.07) is 3.46. The molecule has 1 aliphatic rings. The Labute approximate surface area is 52.4 Å². The normalized spacial score (nSPS) is 14.4. The highest BCUT2D eigenvalue weighted by atomic mass is 14.9. The topological polar surface area (TPSA) is 72.3 Å². The second-order valence-electron chi connectivity index (χ2n) is 1.29. The monoisotopic (exact) mass is 115 g/mol. The zero-order valence-corrected chi connectivity index (χ0v) is 4.37. The Kier molecular flexibility index (Phi) is 1.29. The molecule has 0 aromatic rings. The molecule has 4 nitrogen and oxygen atoms in total. The van der Waals surface area contributed by atoms with E-state index >= 15 is 0 Å². The molecule has 0 unspecified atom stereocenters. The van der Waals surface area contributed by atoms with E-state index in [1.165, 1.54) is 7.55 Å². The molecule has 1 radical (unpaired) electrons. The third-order valence-electron chi connectivity index (χ3n) is 0.810. The first-order valence-electron chi connectivity index (χ1n) is 2.16. The second kappa shape index (κ2) is 2.10. The van der Waals surface area contributed by atoms with Crippen molar-refractivity contribution in [1.82, 2.24) is 0 Å².